The standard InChI is InChI=1S/C24H22ClN9S/c25-19-17(4-7-29-21(19)28)35-18-12-30-23(34-13-31-32-22(18)34)33-8-5-24(6-9-33)10-16-14(11-26)2-1-3-15(16)20(24)27/h1-4,7,12-13,20H,5-6,8-10,27H2,(H2,28,29)/t20-/m1/s1. The molecule has 1 aliphatic heterocycles. The predicted octanol–water partition coefficient (Wildman–Crippen LogP) is 3.62. The molecule has 9 nitrogen and oxygen atoms in total. The highest BCUT2D eigenvalue weighted by atomic mass is 35.5. The number of hydrogen-bond donors (Lipinski definition) is 2. The van der Waals surface area contributed by atoms with E-state index in [1.165, 1.54) is 11.8 Å². The van der Waals surface area contributed by atoms with E-state index in [9.17, 15) is 5.26 Å². The molecule has 1 spiro atoms. The van der Waals surface area contributed by atoms with Crippen molar-refractivity contribution in [2.24, 2.45) is 11.1 Å². The van der Waals surface area contributed by atoms with E-state index in [0.717, 1.165) is 64.8 Å². The van der Waals surface area contributed by atoms with E-state index in [0.29, 0.717) is 10.7 Å². The van der Waals surface area contributed by atoms with Crippen LogP contribution in [0.4, 0.5) is 11.8 Å². The van der Waals surface area contributed by atoms with Gasteiger partial charge in [-0.3, -0.25) is 0 Å². The number of nitrogen functional groups attached to an aromatic ring is 1. The quantitative estimate of drug-likeness (QED) is 0.429. The van der Waals surface area contributed by atoms with Gasteiger partial charge < -0.3 is 16.4 Å². The molecule has 11 heteroatoms. The van der Waals surface area contributed by atoms with Crippen molar-refractivity contribution in [3.8, 4) is 6.07 Å². The number of hydrogen-bond acceptors (Lipinski definition) is 9. The summed E-state index contributed by atoms with van der Waals surface area (Å²) in [7, 11) is 0. The van der Waals surface area contributed by atoms with Crippen LogP contribution < -0.4 is 16.4 Å². The van der Waals surface area contributed by atoms with Gasteiger partial charge in [0.2, 0.25) is 5.95 Å². The van der Waals surface area contributed by atoms with Crippen molar-refractivity contribution in [1.82, 2.24) is 24.6 Å². The smallest absolute Gasteiger partial charge is 0.212 e. The van der Waals surface area contributed by atoms with Gasteiger partial charge in [-0.1, -0.05) is 35.5 Å². The second-order valence-corrected chi connectivity index (χ2v) is 10.5. The molecule has 0 radical (unpaired) electrons. The van der Waals surface area contributed by atoms with Crippen molar-refractivity contribution in [2.45, 2.75) is 35.1 Å². The molecule has 1 aliphatic carbocycles. The zero-order valence-corrected chi connectivity index (χ0v) is 20.3. The fourth-order valence-electron chi connectivity index (χ4n) is 5.36. The van der Waals surface area contributed by atoms with Gasteiger partial charge in [-0.25, -0.2) is 14.4 Å². The number of aromatic nitrogens is 5. The zero-order chi connectivity index (χ0) is 24.2. The molecule has 4 heterocycles. The number of halogens is 1. The molecule has 4 aromatic rings. The maximum Gasteiger partial charge on any atom is 0.212 e. The number of nitriles is 1. The Bertz CT molecular complexity index is 1490. The lowest BCUT2D eigenvalue weighted by Crippen LogP contribution is -2.45. The van der Waals surface area contributed by atoms with Gasteiger partial charge in [0.1, 0.15) is 12.1 Å². The van der Waals surface area contributed by atoms with Crippen LogP contribution in [0.2, 0.25) is 5.02 Å². The van der Waals surface area contributed by atoms with E-state index in [1.54, 1.807) is 18.7 Å². The van der Waals surface area contributed by atoms with Gasteiger partial charge in [-0.05, 0) is 47.9 Å². The summed E-state index contributed by atoms with van der Waals surface area (Å²) in [4.78, 5) is 12.7. The van der Waals surface area contributed by atoms with Crippen molar-refractivity contribution in [3.05, 3.63) is 64.7 Å². The third kappa shape index (κ3) is 3.50. The number of rotatable bonds is 3. The number of pyridine rings is 1. The first-order chi connectivity index (χ1) is 17.0. The third-order valence-electron chi connectivity index (χ3n) is 7.28. The molecule has 1 atom stereocenters. The molecule has 4 N–H and O–H groups in total. The highest BCUT2D eigenvalue weighted by Gasteiger charge is 2.47. The molecule has 0 unspecified atom stereocenters. The van der Waals surface area contributed by atoms with Gasteiger partial charge in [-0.2, -0.15) is 5.26 Å². The summed E-state index contributed by atoms with van der Waals surface area (Å²) in [5.74, 6) is 1.08. The van der Waals surface area contributed by atoms with E-state index in [1.807, 2.05) is 22.6 Å². The van der Waals surface area contributed by atoms with Gasteiger partial charge in [-0.15, -0.1) is 10.2 Å². The second-order valence-electron chi connectivity index (χ2n) is 9.05. The molecule has 1 fully saturated rings. The molecule has 6 rings (SSSR count). The van der Waals surface area contributed by atoms with Crippen LogP contribution in [0, 0.1) is 16.7 Å². The van der Waals surface area contributed by atoms with E-state index in [4.69, 9.17) is 28.1 Å². The summed E-state index contributed by atoms with van der Waals surface area (Å²) in [6.07, 6.45) is 7.80. The Hall–Kier alpha value is -3.39. The number of piperidine rings is 1. The molecule has 0 saturated carbocycles. The SMILES string of the molecule is N#Cc1cccc2c1CC1(CCN(c3ncc(Sc4ccnc(N)c4Cl)c4nncn34)CC1)[C@@H]2N. The molecule has 35 heavy (non-hydrogen) atoms. The normalized spacial score (nSPS) is 18.7. The minimum Gasteiger partial charge on any atom is -0.382 e. The fraction of sp³-hybridized carbons (Fsp3) is 0.292. The van der Waals surface area contributed by atoms with E-state index >= 15 is 0 Å². The van der Waals surface area contributed by atoms with Crippen LogP contribution in [0.1, 0.15) is 35.6 Å². The van der Waals surface area contributed by atoms with Crippen LogP contribution in [0.15, 0.2) is 52.8 Å². The molecule has 1 aromatic carbocycles. The summed E-state index contributed by atoms with van der Waals surface area (Å²) in [6.45, 7) is 1.62. The van der Waals surface area contributed by atoms with Gasteiger partial charge in [0.15, 0.2) is 5.65 Å². The van der Waals surface area contributed by atoms with Gasteiger partial charge in [0.05, 0.1) is 21.6 Å². The van der Waals surface area contributed by atoms with E-state index in [-0.39, 0.29) is 17.3 Å². The number of nitrogens with zero attached hydrogens (tertiary/aromatic N) is 7. The topological polar surface area (TPSA) is 135 Å². The Kier molecular flexibility index (Phi) is 5.29. The summed E-state index contributed by atoms with van der Waals surface area (Å²) in [5.41, 5.74) is 16.3. The highest BCUT2D eigenvalue weighted by Crippen LogP contribution is 2.51. The molecular weight excluding hydrogens is 482 g/mol. The van der Waals surface area contributed by atoms with Gasteiger partial charge in [0, 0.05) is 36.4 Å². The minimum absolute atomic E-state index is 0.0358. The van der Waals surface area contributed by atoms with Gasteiger partial charge >= 0.3 is 0 Å². The van der Waals surface area contributed by atoms with Crippen LogP contribution in [0.25, 0.3) is 5.65 Å². The Balaban J connectivity index is 1.25. The van der Waals surface area contributed by atoms with Gasteiger partial charge in [0.25, 0.3) is 0 Å². The van der Waals surface area contributed by atoms with Crippen LogP contribution in [-0.2, 0) is 6.42 Å². The number of benzene rings is 1. The lowest BCUT2D eigenvalue weighted by molar-refractivity contribution is 0.186. The predicted molar refractivity (Wildman–Crippen MR) is 134 cm³/mol. The maximum absolute atomic E-state index is 9.55. The number of anilines is 2. The van der Waals surface area contributed by atoms with Crippen LogP contribution in [0.3, 0.4) is 0 Å². The average molecular weight is 504 g/mol. The van der Waals surface area contributed by atoms with E-state index < -0.39 is 0 Å². The first-order valence-electron chi connectivity index (χ1n) is 11.3. The van der Waals surface area contributed by atoms with Crippen LogP contribution in [-0.4, -0.2) is 37.7 Å². The zero-order valence-electron chi connectivity index (χ0n) is 18.7. The Labute approximate surface area is 211 Å². The van der Waals surface area contributed by atoms with Crippen molar-refractivity contribution in [2.75, 3.05) is 23.7 Å². The van der Waals surface area contributed by atoms with E-state index in [2.05, 4.69) is 32.2 Å². The summed E-state index contributed by atoms with van der Waals surface area (Å²) < 4.78 is 1.91. The lowest BCUT2D eigenvalue weighted by Gasteiger charge is -2.42. The molecular formula is C24H22ClN9S. The summed E-state index contributed by atoms with van der Waals surface area (Å²) in [6, 6.07) is 9.99. The molecule has 0 amide bonds. The second kappa shape index (κ2) is 8.37. The summed E-state index contributed by atoms with van der Waals surface area (Å²) in [5, 5.41) is 18.4. The molecule has 0 bridgehead atoms. The molecule has 176 valence electrons. The van der Waals surface area contributed by atoms with Crippen molar-refractivity contribution >= 4 is 40.8 Å². The Morgan fingerprint density at radius 1 is 1.17 bits per heavy atom. The minimum atomic E-state index is -0.0628. The Morgan fingerprint density at radius 2 is 2.00 bits per heavy atom. The summed E-state index contributed by atoms with van der Waals surface area (Å²) >= 11 is 7.77. The van der Waals surface area contributed by atoms with Crippen molar-refractivity contribution in [1.29, 1.82) is 5.26 Å². The molecule has 1 saturated heterocycles. The largest absolute Gasteiger partial charge is 0.382 e. The number of nitrogens with two attached hydrogens (primary N) is 2. The monoisotopic (exact) mass is 503 g/mol. The number of fused-ring (bicyclic) bond motifs is 2. The maximum atomic E-state index is 9.55. The highest BCUT2D eigenvalue weighted by molar-refractivity contribution is 7.99. The van der Waals surface area contributed by atoms with Crippen molar-refractivity contribution in [3.63, 3.8) is 0 Å². The van der Waals surface area contributed by atoms with Crippen molar-refractivity contribution < 1.29 is 0 Å². The third-order valence-corrected chi connectivity index (χ3v) is 8.86. The molecule has 3 aromatic heterocycles. The van der Waals surface area contributed by atoms with Crippen LogP contribution in [0.5, 0.6) is 0 Å². The first kappa shape index (κ1) is 22.1. The fourth-order valence-corrected chi connectivity index (χ4v) is 6.48. The average Bonchev–Trinajstić information content (AvgIpc) is 3.47. The molecule has 2 aliphatic rings. The lowest BCUT2D eigenvalue weighted by atomic mass is 9.73. The Morgan fingerprint density at radius 3 is 2.80 bits per heavy atom. The van der Waals surface area contributed by atoms with Crippen LogP contribution >= 0.6 is 23.4 Å². The first-order valence-corrected chi connectivity index (χ1v) is 12.5.